The van der Waals surface area contributed by atoms with Crippen molar-refractivity contribution in [3.8, 4) is 0 Å². The first-order chi connectivity index (χ1) is 14.5. The predicted molar refractivity (Wildman–Crippen MR) is 109 cm³/mol. The molecule has 0 spiro atoms. The standard InChI is InChI=1S/C23H25FN4O2/c1-15-12-18(13-17-5-7-19(24)8-6-17)14-20(25-15)21-4-3-11-28(21)23(29)10-9-22-26-16(2)27-30-22/h5-8,12,14,21H,3-4,9-11,13H2,1-2H3/t21-/m1/s1. The van der Waals surface area contributed by atoms with Crippen LogP contribution in [0.5, 0.6) is 0 Å². The maximum atomic E-state index is 13.2. The predicted octanol–water partition coefficient (Wildman–Crippen LogP) is 4.11. The Labute approximate surface area is 175 Å². The number of benzene rings is 1. The van der Waals surface area contributed by atoms with E-state index < -0.39 is 0 Å². The Hall–Kier alpha value is -3.09. The van der Waals surface area contributed by atoms with E-state index in [2.05, 4.69) is 16.2 Å². The van der Waals surface area contributed by atoms with Crippen LogP contribution in [0.2, 0.25) is 0 Å². The highest BCUT2D eigenvalue weighted by Gasteiger charge is 2.31. The van der Waals surface area contributed by atoms with Crippen molar-refractivity contribution in [2.45, 2.75) is 52.0 Å². The average molecular weight is 408 g/mol. The minimum absolute atomic E-state index is 0.0196. The summed E-state index contributed by atoms with van der Waals surface area (Å²) >= 11 is 0. The van der Waals surface area contributed by atoms with Gasteiger partial charge in [-0.1, -0.05) is 17.3 Å². The van der Waals surface area contributed by atoms with Crippen molar-refractivity contribution in [2.24, 2.45) is 0 Å². The average Bonchev–Trinajstić information content (AvgIpc) is 3.36. The van der Waals surface area contributed by atoms with Gasteiger partial charge < -0.3 is 9.42 Å². The Kier molecular flexibility index (Phi) is 5.88. The first kappa shape index (κ1) is 20.2. The van der Waals surface area contributed by atoms with E-state index in [1.807, 2.05) is 17.9 Å². The first-order valence-corrected chi connectivity index (χ1v) is 10.3. The van der Waals surface area contributed by atoms with Crippen molar-refractivity contribution < 1.29 is 13.7 Å². The number of amides is 1. The fourth-order valence-electron chi connectivity index (χ4n) is 4.05. The van der Waals surface area contributed by atoms with Crippen molar-refractivity contribution in [1.82, 2.24) is 20.0 Å². The number of carbonyl (C=O) groups excluding carboxylic acids is 1. The maximum Gasteiger partial charge on any atom is 0.227 e. The lowest BCUT2D eigenvalue weighted by molar-refractivity contribution is -0.132. The van der Waals surface area contributed by atoms with Gasteiger partial charge >= 0.3 is 0 Å². The molecular formula is C23H25FN4O2. The fraction of sp³-hybridized carbons (Fsp3) is 0.391. The normalized spacial score (nSPS) is 16.2. The second-order valence-electron chi connectivity index (χ2n) is 7.83. The van der Waals surface area contributed by atoms with Gasteiger partial charge in [0.1, 0.15) is 5.82 Å². The van der Waals surface area contributed by atoms with Crippen LogP contribution in [0, 0.1) is 19.7 Å². The lowest BCUT2D eigenvalue weighted by Crippen LogP contribution is -2.31. The Bertz CT molecular complexity index is 1030. The highest BCUT2D eigenvalue weighted by atomic mass is 19.1. The van der Waals surface area contributed by atoms with Gasteiger partial charge in [0.25, 0.3) is 0 Å². The van der Waals surface area contributed by atoms with Crippen molar-refractivity contribution in [3.63, 3.8) is 0 Å². The minimum atomic E-state index is -0.235. The molecule has 1 atom stereocenters. The van der Waals surface area contributed by atoms with Crippen molar-refractivity contribution in [2.75, 3.05) is 6.54 Å². The topological polar surface area (TPSA) is 72.1 Å². The summed E-state index contributed by atoms with van der Waals surface area (Å²) < 4.78 is 18.3. The highest BCUT2D eigenvalue weighted by molar-refractivity contribution is 5.77. The van der Waals surface area contributed by atoms with E-state index in [-0.39, 0.29) is 17.8 Å². The van der Waals surface area contributed by atoms with Gasteiger partial charge in [0.2, 0.25) is 11.8 Å². The number of nitrogens with zero attached hydrogens (tertiary/aromatic N) is 4. The summed E-state index contributed by atoms with van der Waals surface area (Å²) in [6.45, 7) is 4.46. The molecule has 4 rings (SSSR count). The number of hydrogen-bond acceptors (Lipinski definition) is 5. The van der Waals surface area contributed by atoms with Gasteiger partial charge in [0.05, 0.1) is 11.7 Å². The van der Waals surface area contributed by atoms with E-state index in [0.29, 0.717) is 31.0 Å². The lowest BCUT2D eigenvalue weighted by Gasteiger charge is -2.25. The van der Waals surface area contributed by atoms with Gasteiger partial charge in [0, 0.05) is 25.1 Å². The monoisotopic (exact) mass is 408 g/mol. The van der Waals surface area contributed by atoms with E-state index in [1.165, 1.54) is 12.1 Å². The molecule has 1 amide bonds. The zero-order valence-electron chi connectivity index (χ0n) is 17.3. The molecule has 0 radical (unpaired) electrons. The molecule has 0 saturated carbocycles. The van der Waals surface area contributed by atoms with Crippen molar-refractivity contribution in [3.05, 3.63) is 76.4 Å². The molecule has 0 aliphatic carbocycles. The van der Waals surface area contributed by atoms with E-state index in [0.717, 1.165) is 41.9 Å². The summed E-state index contributed by atoms with van der Waals surface area (Å²) in [6.07, 6.45) is 3.34. The molecule has 7 heteroatoms. The minimum Gasteiger partial charge on any atom is -0.339 e. The van der Waals surface area contributed by atoms with Gasteiger partial charge in [-0.05, 0) is 68.5 Å². The lowest BCUT2D eigenvalue weighted by atomic mass is 10.0. The van der Waals surface area contributed by atoms with Crippen LogP contribution in [0.25, 0.3) is 0 Å². The van der Waals surface area contributed by atoms with E-state index in [9.17, 15) is 9.18 Å². The molecule has 1 aliphatic rings. The number of hydrogen-bond donors (Lipinski definition) is 0. The molecule has 0 N–H and O–H groups in total. The molecule has 0 unspecified atom stereocenters. The SMILES string of the molecule is Cc1cc(Cc2ccc(F)cc2)cc([C@H]2CCCN2C(=O)CCc2nc(C)no2)n1. The van der Waals surface area contributed by atoms with E-state index in [4.69, 9.17) is 9.51 Å². The largest absolute Gasteiger partial charge is 0.339 e. The quantitative estimate of drug-likeness (QED) is 0.614. The van der Waals surface area contributed by atoms with Crippen molar-refractivity contribution >= 4 is 5.91 Å². The highest BCUT2D eigenvalue weighted by Crippen LogP contribution is 2.32. The Morgan fingerprint density at radius 1 is 1.17 bits per heavy atom. The van der Waals surface area contributed by atoms with E-state index in [1.54, 1.807) is 19.1 Å². The summed E-state index contributed by atoms with van der Waals surface area (Å²) in [5.41, 5.74) is 4.00. The maximum absolute atomic E-state index is 13.2. The third kappa shape index (κ3) is 4.72. The van der Waals surface area contributed by atoms with Crippen molar-refractivity contribution in [1.29, 1.82) is 0 Å². The van der Waals surface area contributed by atoms with Gasteiger partial charge in [-0.15, -0.1) is 0 Å². The zero-order valence-corrected chi connectivity index (χ0v) is 17.3. The number of aromatic nitrogens is 3. The molecule has 2 aromatic heterocycles. The Morgan fingerprint density at radius 3 is 2.70 bits per heavy atom. The Morgan fingerprint density at radius 2 is 1.97 bits per heavy atom. The summed E-state index contributed by atoms with van der Waals surface area (Å²) in [5.74, 6) is 0.916. The summed E-state index contributed by atoms with van der Waals surface area (Å²) in [4.78, 5) is 23.7. The number of likely N-dealkylation sites (tertiary alicyclic amines) is 1. The molecule has 0 bridgehead atoms. The number of pyridine rings is 1. The van der Waals surface area contributed by atoms with Crippen LogP contribution in [0.15, 0.2) is 40.9 Å². The van der Waals surface area contributed by atoms with Crippen LogP contribution in [0.3, 0.4) is 0 Å². The van der Waals surface area contributed by atoms with Gasteiger partial charge in [0.15, 0.2) is 5.82 Å². The number of halogens is 1. The molecule has 30 heavy (non-hydrogen) atoms. The van der Waals surface area contributed by atoms with Gasteiger partial charge in [-0.2, -0.15) is 4.98 Å². The summed E-state index contributed by atoms with van der Waals surface area (Å²) in [7, 11) is 0. The molecule has 3 aromatic rings. The van der Waals surface area contributed by atoms with Crippen LogP contribution in [-0.2, 0) is 17.6 Å². The van der Waals surface area contributed by atoms with Crippen LogP contribution in [-0.4, -0.2) is 32.5 Å². The van der Waals surface area contributed by atoms with Gasteiger partial charge in [-0.3, -0.25) is 9.78 Å². The first-order valence-electron chi connectivity index (χ1n) is 10.3. The molecule has 1 aliphatic heterocycles. The van der Waals surface area contributed by atoms with Crippen LogP contribution in [0.4, 0.5) is 4.39 Å². The fourth-order valence-corrected chi connectivity index (χ4v) is 4.05. The number of aryl methyl sites for hydroxylation is 3. The summed E-state index contributed by atoms with van der Waals surface area (Å²) in [5, 5.41) is 3.77. The van der Waals surface area contributed by atoms with Crippen LogP contribution in [0.1, 0.15) is 59.5 Å². The molecule has 156 valence electrons. The second kappa shape index (κ2) is 8.73. The third-order valence-corrected chi connectivity index (χ3v) is 5.39. The van der Waals surface area contributed by atoms with Crippen LogP contribution >= 0.6 is 0 Å². The smallest absolute Gasteiger partial charge is 0.227 e. The van der Waals surface area contributed by atoms with E-state index >= 15 is 0 Å². The molecule has 1 aromatic carbocycles. The molecule has 1 saturated heterocycles. The number of carbonyl (C=O) groups is 1. The molecule has 3 heterocycles. The molecular weight excluding hydrogens is 383 g/mol. The Balaban J connectivity index is 1.48. The second-order valence-corrected chi connectivity index (χ2v) is 7.83. The number of rotatable bonds is 6. The zero-order chi connectivity index (χ0) is 21.1. The van der Waals surface area contributed by atoms with Gasteiger partial charge in [-0.25, -0.2) is 4.39 Å². The third-order valence-electron chi connectivity index (χ3n) is 5.39. The molecule has 1 fully saturated rings. The van der Waals surface area contributed by atoms with Crippen LogP contribution < -0.4 is 0 Å². The summed E-state index contributed by atoms with van der Waals surface area (Å²) in [6, 6.07) is 10.7. The molecule has 6 nitrogen and oxygen atoms in total.